The highest BCUT2D eigenvalue weighted by Crippen LogP contribution is 2.22. The summed E-state index contributed by atoms with van der Waals surface area (Å²) in [5.41, 5.74) is 4.90. The van der Waals surface area contributed by atoms with Crippen LogP contribution >= 0.6 is 0 Å². The van der Waals surface area contributed by atoms with E-state index >= 15 is 0 Å². The number of aryl methyl sites for hydroxylation is 4. The highest BCUT2D eigenvalue weighted by molar-refractivity contribution is 7.89. The molecule has 0 fully saturated rings. The standard InChI is InChI=1S/C19H24N2O3S/c1-13-5-7-17(8-6-13)25(23,24)20-10-9-18(22)21-19-15(3)11-14(2)12-16(19)4/h5-8,11-12,20H,9-10H2,1-4H3,(H,21,22). The van der Waals surface area contributed by atoms with Gasteiger partial charge in [0.25, 0.3) is 0 Å². The van der Waals surface area contributed by atoms with Gasteiger partial charge in [-0.15, -0.1) is 0 Å². The van der Waals surface area contributed by atoms with E-state index in [2.05, 4.69) is 10.0 Å². The van der Waals surface area contributed by atoms with Gasteiger partial charge in [0.1, 0.15) is 0 Å². The Morgan fingerprint density at radius 2 is 1.48 bits per heavy atom. The maximum absolute atomic E-state index is 12.2. The Morgan fingerprint density at radius 3 is 2.04 bits per heavy atom. The molecule has 0 radical (unpaired) electrons. The fourth-order valence-electron chi connectivity index (χ4n) is 2.68. The van der Waals surface area contributed by atoms with Gasteiger partial charge in [-0.1, -0.05) is 35.4 Å². The second-order valence-electron chi connectivity index (χ2n) is 6.28. The highest BCUT2D eigenvalue weighted by atomic mass is 32.2. The summed E-state index contributed by atoms with van der Waals surface area (Å²) in [6, 6.07) is 10.6. The quantitative estimate of drug-likeness (QED) is 0.830. The van der Waals surface area contributed by atoms with Gasteiger partial charge in [-0.3, -0.25) is 4.79 Å². The SMILES string of the molecule is Cc1ccc(S(=O)(=O)NCCC(=O)Nc2c(C)cc(C)cc2C)cc1. The maximum atomic E-state index is 12.2. The van der Waals surface area contributed by atoms with Crippen molar-refractivity contribution in [3.8, 4) is 0 Å². The number of rotatable bonds is 6. The van der Waals surface area contributed by atoms with Crippen molar-refractivity contribution < 1.29 is 13.2 Å². The van der Waals surface area contributed by atoms with Crippen molar-refractivity contribution in [3.05, 3.63) is 58.7 Å². The molecule has 2 aromatic rings. The van der Waals surface area contributed by atoms with E-state index in [0.29, 0.717) is 0 Å². The molecule has 0 heterocycles. The lowest BCUT2D eigenvalue weighted by atomic mass is 10.1. The van der Waals surface area contributed by atoms with E-state index < -0.39 is 10.0 Å². The van der Waals surface area contributed by atoms with Crippen molar-refractivity contribution in [2.75, 3.05) is 11.9 Å². The van der Waals surface area contributed by atoms with Gasteiger partial charge in [0.05, 0.1) is 4.90 Å². The van der Waals surface area contributed by atoms with Gasteiger partial charge in [-0.2, -0.15) is 0 Å². The fraction of sp³-hybridized carbons (Fsp3) is 0.316. The molecule has 0 aromatic heterocycles. The van der Waals surface area contributed by atoms with Crippen molar-refractivity contribution >= 4 is 21.6 Å². The van der Waals surface area contributed by atoms with Gasteiger partial charge in [-0.05, 0) is 51.0 Å². The number of carbonyl (C=O) groups is 1. The second kappa shape index (κ2) is 7.80. The van der Waals surface area contributed by atoms with Gasteiger partial charge in [0, 0.05) is 18.7 Å². The van der Waals surface area contributed by atoms with Crippen LogP contribution in [0.1, 0.15) is 28.7 Å². The van der Waals surface area contributed by atoms with Crippen LogP contribution in [0.4, 0.5) is 5.69 Å². The summed E-state index contributed by atoms with van der Waals surface area (Å²) in [7, 11) is -3.60. The minimum absolute atomic E-state index is 0.0476. The average Bonchev–Trinajstić information content (AvgIpc) is 2.51. The van der Waals surface area contributed by atoms with Crippen LogP contribution < -0.4 is 10.0 Å². The molecule has 0 saturated carbocycles. The summed E-state index contributed by atoms with van der Waals surface area (Å²) >= 11 is 0. The molecule has 25 heavy (non-hydrogen) atoms. The lowest BCUT2D eigenvalue weighted by Crippen LogP contribution is -2.28. The first-order chi connectivity index (χ1) is 11.7. The van der Waals surface area contributed by atoms with Gasteiger partial charge < -0.3 is 5.32 Å². The van der Waals surface area contributed by atoms with Crippen molar-refractivity contribution in [1.29, 1.82) is 0 Å². The van der Waals surface area contributed by atoms with Crippen molar-refractivity contribution in [2.24, 2.45) is 0 Å². The van der Waals surface area contributed by atoms with Crippen LogP contribution in [0.25, 0.3) is 0 Å². The number of nitrogens with one attached hydrogen (secondary N) is 2. The van der Waals surface area contributed by atoms with Crippen LogP contribution in [0.5, 0.6) is 0 Å². The van der Waals surface area contributed by atoms with Crippen LogP contribution in [-0.4, -0.2) is 20.9 Å². The predicted molar refractivity (Wildman–Crippen MR) is 100 cm³/mol. The first-order valence-electron chi connectivity index (χ1n) is 8.13. The number of hydrogen-bond donors (Lipinski definition) is 2. The number of sulfonamides is 1. The third-order valence-corrected chi connectivity index (χ3v) is 5.39. The van der Waals surface area contributed by atoms with E-state index in [0.717, 1.165) is 27.9 Å². The van der Waals surface area contributed by atoms with Gasteiger partial charge >= 0.3 is 0 Å². The average molecular weight is 360 g/mol. The van der Waals surface area contributed by atoms with E-state index in [1.165, 1.54) is 0 Å². The molecule has 0 saturated heterocycles. The largest absolute Gasteiger partial charge is 0.326 e. The number of anilines is 1. The Morgan fingerprint density at radius 1 is 0.920 bits per heavy atom. The zero-order valence-electron chi connectivity index (χ0n) is 15.0. The molecule has 2 rings (SSSR count). The zero-order valence-corrected chi connectivity index (χ0v) is 15.8. The van der Waals surface area contributed by atoms with Crippen molar-refractivity contribution in [3.63, 3.8) is 0 Å². The molecule has 2 N–H and O–H groups in total. The molecule has 134 valence electrons. The van der Waals surface area contributed by atoms with Crippen molar-refractivity contribution in [1.82, 2.24) is 4.72 Å². The molecule has 0 bridgehead atoms. The Bertz CT molecular complexity index is 849. The number of amides is 1. The van der Waals surface area contributed by atoms with Crippen LogP contribution in [0.15, 0.2) is 41.3 Å². The highest BCUT2D eigenvalue weighted by Gasteiger charge is 2.14. The normalized spacial score (nSPS) is 11.4. The third-order valence-electron chi connectivity index (χ3n) is 3.92. The summed E-state index contributed by atoms with van der Waals surface area (Å²) in [4.78, 5) is 12.3. The summed E-state index contributed by atoms with van der Waals surface area (Å²) < 4.78 is 26.8. The zero-order chi connectivity index (χ0) is 18.6. The minimum atomic E-state index is -3.60. The molecular weight excluding hydrogens is 336 g/mol. The Kier molecular flexibility index (Phi) is 5.98. The van der Waals surface area contributed by atoms with Crippen LogP contribution in [-0.2, 0) is 14.8 Å². The molecule has 0 unspecified atom stereocenters. The minimum Gasteiger partial charge on any atom is -0.326 e. The number of carbonyl (C=O) groups excluding carboxylic acids is 1. The van der Waals surface area contributed by atoms with E-state index in [1.54, 1.807) is 24.3 Å². The summed E-state index contributed by atoms with van der Waals surface area (Å²) in [6.45, 7) is 7.83. The molecule has 2 aromatic carbocycles. The van der Waals surface area contributed by atoms with Crippen LogP contribution in [0, 0.1) is 27.7 Å². The number of benzene rings is 2. The summed E-state index contributed by atoms with van der Waals surface area (Å²) in [6.07, 6.45) is 0.0673. The van der Waals surface area contributed by atoms with E-state index in [4.69, 9.17) is 0 Å². The van der Waals surface area contributed by atoms with Gasteiger partial charge in [-0.25, -0.2) is 13.1 Å². The Balaban J connectivity index is 1.93. The number of hydrogen-bond acceptors (Lipinski definition) is 3. The third kappa shape index (κ3) is 5.14. The molecule has 0 aliphatic rings. The van der Waals surface area contributed by atoms with Crippen LogP contribution in [0.2, 0.25) is 0 Å². The lowest BCUT2D eigenvalue weighted by molar-refractivity contribution is -0.116. The molecule has 0 atom stereocenters. The smallest absolute Gasteiger partial charge is 0.240 e. The first-order valence-corrected chi connectivity index (χ1v) is 9.61. The first kappa shape index (κ1) is 19.1. The molecule has 0 aliphatic heterocycles. The monoisotopic (exact) mass is 360 g/mol. The molecule has 5 nitrogen and oxygen atoms in total. The maximum Gasteiger partial charge on any atom is 0.240 e. The van der Waals surface area contributed by atoms with Gasteiger partial charge in [0.15, 0.2) is 0 Å². The van der Waals surface area contributed by atoms with E-state index in [9.17, 15) is 13.2 Å². The Labute approximate surface area is 149 Å². The second-order valence-corrected chi connectivity index (χ2v) is 8.05. The summed E-state index contributed by atoms with van der Waals surface area (Å²) in [5.74, 6) is -0.221. The molecule has 0 spiro atoms. The molecule has 6 heteroatoms. The lowest BCUT2D eigenvalue weighted by Gasteiger charge is -2.13. The Hall–Kier alpha value is -2.18. The molecular formula is C19H24N2O3S. The predicted octanol–water partition coefficient (Wildman–Crippen LogP) is 3.23. The molecule has 0 aliphatic carbocycles. The van der Waals surface area contributed by atoms with E-state index in [-0.39, 0.29) is 23.8 Å². The fourth-order valence-corrected chi connectivity index (χ4v) is 3.71. The summed E-state index contributed by atoms with van der Waals surface area (Å²) in [5, 5.41) is 2.87. The molecule has 1 amide bonds. The van der Waals surface area contributed by atoms with Gasteiger partial charge in [0.2, 0.25) is 15.9 Å². The van der Waals surface area contributed by atoms with Crippen molar-refractivity contribution in [2.45, 2.75) is 39.0 Å². The topological polar surface area (TPSA) is 75.3 Å². The van der Waals surface area contributed by atoms with E-state index in [1.807, 2.05) is 39.8 Å². The van der Waals surface area contributed by atoms with Crippen LogP contribution in [0.3, 0.4) is 0 Å².